The molecule has 2 aromatic carbocycles. The predicted octanol–water partition coefficient (Wildman–Crippen LogP) is 1.59. The van der Waals surface area contributed by atoms with E-state index in [2.05, 4.69) is 4.99 Å². The Bertz CT molecular complexity index is 995. The lowest BCUT2D eigenvalue weighted by Crippen LogP contribution is -2.24. The van der Waals surface area contributed by atoms with Crippen molar-refractivity contribution in [1.29, 1.82) is 0 Å². The van der Waals surface area contributed by atoms with Gasteiger partial charge in [0.05, 0.1) is 17.7 Å². The fourth-order valence-corrected chi connectivity index (χ4v) is 3.49. The van der Waals surface area contributed by atoms with Crippen molar-refractivity contribution in [2.24, 2.45) is 16.5 Å². The summed E-state index contributed by atoms with van der Waals surface area (Å²) in [6.45, 7) is 1.69. The molecule has 0 atom stereocenters. The fraction of sp³-hybridized carbons (Fsp3) is 0.222. The van der Waals surface area contributed by atoms with Crippen LogP contribution >= 0.6 is 0 Å². The van der Waals surface area contributed by atoms with E-state index < -0.39 is 15.7 Å². The van der Waals surface area contributed by atoms with Gasteiger partial charge in [-0.1, -0.05) is 0 Å². The van der Waals surface area contributed by atoms with Gasteiger partial charge in [-0.15, -0.1) is 0 Å². The number of nitrogens with two attached hydrogens (primary N) is 2. The first-order chi connectivity index (χ1) is 12.5. The molecule has 0 aromatic heterocycles. The number of carbonyl (C=O) groups is 1. The van der Waals surface area contributed by atoms with E-state index in [1.54, 1.807) is 56.3 Å². The standard InChI is InChI=1S/C18H22N4O4S/c1-11-9-15(22(2)12-5-7-13(26-3)8-6-12)16(27(4,24)25)10-14(11)17(23)21-18(19)20/h5-10H,1-4H3,(H4,19,20,21,23). The minimum Gasteiger partial charge on any atom is -0.497 e. The highest BCUT2D eigenvalue weighted by atomic mass is 32.2. The van der Waals surface area contributed by atoms with Crippen LogP contribution in [0, 0.1) is 6.92 Å². The minimum atomic E-state index is -3.63. The molecule has 2 rings (SSSR count). The summed E-state index contributed by atoms with van der Waals surface area (Å²) in [5.41, 5.74) is 12.4. The Balaban J connectivity index is 2.63. The Kier molecular flexibility index (Phi) is 5.75. The lowest BCUT2D eigenvalue weighted by Gasteiger charge is -2.23. The van der Waals surface area contributed by atoms with Crippen molar-refractivity contribution in [3.63, 3.8) is 0 Å². The van der Waals surface area contributed by atoms with Crippen molar-refractivity contribution in [3.8, 4) is 5.75 Å². The van der Waals surface area contributed by atoms with Crippen molar-refractivity contribution in [2.45, 2.75) is 11.8 Å². The molecule has 0 aliphatic carbocycles. The van der Waals surface area contributed by atoms with Gasteiger partial charge in [0.25, 0.3) is 5.91 Å². The van der Waals surface area contributed by atoms with Gasteiger partial charge >= 0.3 is 0 Å². The molecule has 2 aromatic rings. The predicted molar refractivity (Wildman–Crippen MR) is 105 cm³/mol. The lowest BCUT2D eigenvalue weighted by molar-refractivity contribution is 0.100. The number of anilines is 2. The number of rotatable bonds is 5. The van der Waals surface area contributed by atoms with Gasteiger partial charge in [-0.25, -0.2) is 8.42 Å². The molecular weight excluding hydrogens is 368 g/mol. The summed E-state index contributed by atoms with van der Waals surface area (Å²) in [5, 5.41) is 0. The monoisotopic (exact) mass is 390 g/mol. The maximum absolute atomic E-state index is 12.4. The number of amides is 1. The Labute approximate surface area is 158 Å². The largest absolute Gasteiger partial charge is 0.497 e. The van der Waals surface area contributed by atoms with E-state index in [1.165, 1.54) is 6.07 Å². The van der Waals surface area contributed by atoms with Crippen LogP contribution in [0.2, 0.25) is 0 Å². The molecule has 0 aliphatic rings. The van der Waals surface area contributed by atoms with Crippen LogP contribution in [0.3, 0.4) is 0 Å². The normalized spacial score (nSPS) is 11.0. The molecule has 0 unspecified atom stereocenters. The van der Waals surface area contributed by atoms with Gasteiger partial charge in [0.15, 0.2) is 15.8 Å². The number of benzene rings is 2. The quantitative estimate of drug-likeness (QED) is 0.586. The van der Waals surface area contributed by atoms with Crippen molar-refractivity contribution < 1.29 is 17.9 Å². The fourth-order valence-electron chi connectivity index (χ4n) is 2.58. The summed E-state index contributed by atoms with van der Waals surface area (Å²) in [4.78, 5) is 17.4. The molecule has 0 aliphatic heterocycles. The third kappa shape index (κ3) is 4.56. The summed E-state index contributed by atoms with van der Waals surface area (Å²) in [5.74, 6) is -0.402. The van der Waals surface area contributed by atoms with E-state index in [0.717, 1.165) is 11.9 Å². The summed E-state index contributed by atoms with van der Waals surface area (Å²) in [6.07, 6.45) is 1.08. The number of sulfone groups is 1. The van der Waals surface area contributed by atoms with E-state index in [0.29, 0.717) is 17.0 Å². The van der Waals surface area contributed by atoms with Crippen LogP contribution < -0.4 is 21.1 Å². The Morgan fingerprint density at radius 2 is 1.74 bits per heavy atom. The number of aryl methyl sites for hydroxylation is 1. The van der Waals surface area contributed by atoms with Crippen LogP contribution in [0.4, 0.5) is 11.4 Å². The van der Waals surface area contributed by atoms with Gasteiger partial charge in [-0.3, -0.25) is 4.79 Å². The topological polar surface area (TPSA) is 128 Å². The maximum atomic E-state index is 12.4. The van der Waals surface area contributed by atoms with E-state index in [9.17, 15) is 13.2 Å². The third-order valence-corrected chi connectivity index (χ3v) is 5.11. The first-order valence-electron chi connectivity index (χ1n) is 7.91. The van der Waals surface area contributed by atoms with Crippen molar-refractivity contribution in [1.82, 2.24) is 0 Å². The number of nitrogens with zero attached hydrogens (tertiary/aromatic N) is 2. The summed E-state index contributed by atoms with van der Waals surface area (Å²) < 4.78 is 29.9. The summed E-state index contributed by atoms with van der Waals surface area (Å²) in [7, 11) is -0.326. The zero-order chi connectivity index (χ0) is 20.4. The number of hydrogen-bond donors (Lipinski definition) is 2. The third-order valence-electron chi connectivity index (χ3n) is 3.99. The molecule has 0 heterocycles. The highest BCUT2D eigenvalue weighted by Gasteiger charge is 2.22. The molecule has 0 saturated heterocycles. The Morgan fingerprint density at radius 3 is 2.22 bits per heavy atom. The first-order valence-corrected chi connectivity index (χ1v) is 9.80. The second-order valence-electron chi connectivity index (χ2n) is 6.01. The molecule has 0 fully saturated rings. The SMILES string of the molecule is COc1ccc(N(C)c2cc(C)c(C(=O)N=C(N)N)cc2S(C)(=O)=O)cc1. The molecule has 9 heteroatoms. The van der Waals surface area contributed by atoms with Gasteiger partial charge in [0, 0.05) is 24.6 Å². The zero-order valence-electron chi connectivity index (χ0n) is 15.6. The van der Waals surface area contributed by atoms with Crippen LogP contribution in [0.5, 0.6) is 5.75 Å². The van der Waals surface area contributed by atoms with Crippen LogP contribution in [0.25, 0.3) is 0 Å². The van der Waals surface area contributed by atoms with Gasteiger partial charge in [0.2, 0.25) is 0 Å². The number of methoxy groups -OCH3 is 1. The molecule has 1 amide bonds. The summed E-state index contributed by atoms with van der Waals surface area (Å²) in [6, 6.07) is 10.1. The molecule has 4 N–H and O–H groups in total. The van der Waals surface area contributed by atoms with Gasteiger partial charge in [0.1, 0.15) is 5.75 Å². The van der Waals surface area contributed by atoms with Gasteiger partial charge < -0.3 is 21.1 Å². The summed E-state index contributed by atoms with van der Waals surface area (Å²) >= 11 is 0. The minimum absolute atomic E-state index is 0.000519. The molecular formula is C18H22N4O4S. The van der Waals surface area contributed by atoms with E-state index in [-0.39, 0.29) is 16.4 Å². The Morgan fingerprint density at radius 1 is 1.15 bits per heavy atom. The smallest absolute Gasteiger partial charge is 0.280 e. The van der Waals surface area contributed by atoms with Crippen LogP contribution in [-0.4, -0.2) is 40.7 Å². The molecule has 0 radical (unpaired) electrons. The van der Waals surface area contributed by atoms with Crippen molar-refractivity contribution in [2.75, 3.05) is 25.3 Å². The van der Waals surface area contributed by atoms with Crippen LogP contribution in [-0.2, 0) is 9.84 Å². The Hall–Kier alpha value is -3.07. The maximum Gasteiger partial charge on any atom is 0.280 e. The van der Waals surface area contributed by atoms with Gasteiger partial charge in [-0.2, -0.15) is 4.99 Å². The highest BCUT2D eigenvalue weighted by molar-refractivity contribution is 7.90. The lowest BCUT2D eigenvalue weighted by atomic mass is 10.1. The van der Waals surface area contributed by atoms with Crippen LogP contribution in [0.1, 0.15) is 15.9 Å². The second kappa shape index (κ2) is 7.67. The average molecular weight is 390 g/mol. The van der Waals surface area contributed by atoms with E-state index in [1.807, 2.05) is 0 Å². The van der Waals surface area contributed by atoms with Crippen molar-refractivity contribution in [3.05, 3.63) is 47.5 Å². The van der Waals surface area contributed by atoms with Gasteiger partial charge in [-0.05, 0) is 48.9 Å². The number of guanidine groups is 1. The zero-order valence-corrected chi connectivity index (χ0v) is 16.4. The number of hydrogen-bond acceptors (Lipinski definition) is 5. The number of ether oxygens (including phenoxy) is 1. The first kappa shape index (κ1) is 20.2. The van der Waals surface area contributed by atoms with E-state index in [4.69, 9.17) is 16.2 Å². The number of carbonyl (C=O) groups excluding carboxylic acids is 1. The number of aliphatic imine (C=N–C) groups is 1. The van der Waals surface area contributed by atoms with E-state index >= 15 is 0 Å². The molecule has 144 valence electrons. The average Bonchev–Trinajstić information content (AvgIpc) is 2.59. The molecule has 0 spiro atoms. The highest BCUT2D eigenvalue weighted by Crippen LogP contribution is 2.33. The molecule has 0 bridgehead atoms. The molecule has 27 heavy (non-hydrogen) atoms. The van der Waals surface area contributed by atoms with Crippen LogP contribution in [0.15, 0.2) is 46.3 Å². The second-order valence-corrected chi connectivity index (χ2v) is 7.99. The molecule has 8 nitrogen and oxygen atoms in total. The van der Waals surface area contributed by atoms with Crippen molar-refractivity contribution >= 4 is 33.1 Å². The molecule has 0 saturated carbocycles.